The fourth-order valence-electron chi connectivity index (χ4n) is 2.27. The first kappa shape index (κ1) is 17.7. The van der Waals surface area contributed by atoms with Gasteiger partial charge in [-0.25, -0.2) is 9.67 Å². The number of aromatic nitrogens is 3. The Bertz CT molecular complexity index is 821. The van der Waals surface area contributed by atoms with Crippen molar-refractivity contribution in [3.63, 3.8) is 0 Å². The van der Waals surface area contributed by atoms with Crippen LogP contribution in [0.1, 0.15) is 12.0 Å². The van der Waals surface area contributed by atoms with Gasteiger partial charge in [0.2, 0.25) is 5.91 Å². The molecule has 5 nitrogen and oxygen atoms in total. The molecule has 0 bridgehead atoms. The van der Waals surface area contributed by atoms with Gasteiger partial charge in [0, 0.05) is 27.2 Å². The fourth-order valence-corrected chi connectivity index (χ4v) is 3.39. The number of thioether (sulfide) groups is 1. The van der Waals surface area contributed by atoms with E-state index in [1.165, 1.54) is 6.33 Å². The third-order valence-corrected chi connectivity index (χ3v) is 5.04. The molecule has 0 radical (unpaired) electrons. The molecule has 0 spiro atoms. The zero-order chi connectivity index (χ0) is 17.5. The lowest BCUT2D eigenvalue weighted by Gasteiger charge is -2.11. The van der Waals surface area contributed by atoms with Crippen LogP contribution in [0.25, 0.3) is 0 Å². The van der Waals surface area contributed by atoms with Gasteiger partial charge in [-0.3, -0.25) is 4.79 Å². The molecule has 25 heavy (non-hydrogen) atoms. The lowest BCUT2D eigenvalue weighted by molar-refractivity contribution is -0.115. The summed E-state index contributed by atoms with van der Waals surface area (Å²) in [5.74, 6) is 0.745. The van der Waals surface area contributed by atoms with Crippen LogP contribution in [-0.4, -0.2) is 26.4 Å². The summed E-state index contributed by atoms with van der Waals surface area (Å²) < 4.78 is 2.78. The Labute approximate surface area is 159 Å². The minimum Gasteiger partial charge on any atom is -0.326 e. The Morgan fingerprint density at radius 2 is 1.96 bits per heavy atom. The zero-order valence-electron chi connectivity index (χ0n) is 13.4. The first-order valence-corrected chi connectivity index (χ1v) is 9.57. The van der Waals surface area contributed by atoms with Crippen LogP contribution in [0.4, 0.5) is 5.69 Å². The van der Waals surface area contributed by atoms with Gasteiger partial charge < -0.3 is 5.32 Å². The van der Waals surface area contributed by atoms with Crippen molar-refractivity contribution in [3.05, 3.63) is 71.2 Å². The summed E-state index contributed by atoms with van der Waals surface area (Å²) in [5, 5.41) is 7.10. The van der Waals surface area contributed by atoms with E-state index in [-0.39, 0.29) is 5.91 Å². The number of anilines is 1. The van der Waals surface area contributed by atoms with Crippen molar-refractivity contribution in [2.24, 2.45) is 0 Å². The van der Waals surface area contributed by atoms with E-state index in [2.05, 4.69) is 31.3 Å². The van der Waals surface area contributed by atoms with Crippen LogP contribution in [-0.2, 0) is 11.3 Å². The molecule has 0 saturated carbocycles. The third-order valence-electron chi connectivity index (χ3n) is 3.50. The van der Waals surface area contributed by atoms with Crippen molar-refractivity contribution < 1.29 is 4.79 Å². The maximum absolute atomic E-state index is 12.2. The van der Waals surface area contributed by atoms with Crippen molar-refractivity contribution >= 4 is 39.3 Å². The van der Waals surface area contributed by atoms with Crippen LogP contribution in [0.15, 0.2) is 70.6 Å². The van der Waals surface area contributed by atoms with Gasteiger partial charge in [0.05, 0.1) is 6.54 Å². The average molecular weight is 417 g/mol. The highest BCUT2D eigenvalue weighted by molar-refractivity contribution is 9.10. The Hall–Kier alpha value is -2.12. The topological polar surface area (TPSA) is 59.8 Å². The first-order chi connectivity index (χ1) is 12.2. The number of nitrogens with one attached hydrogen (secondary N) is 1. The standard InChI is InChI=1S/C18H17BrN4OS/c19-15-5-7-16(8-6-15)25-10-9-18(24)22-17-4-2-1-3-14(17)11-23-13-20-12-21-23/h1-8,12-13H,9-11H2,(H,22,24). The predicted octanol–water partition coefficient (Wildman–Crippen LogP) is 4.21. The van der Waals surface area contributed by atoms with Gasteiger partial charge in [0.1, 0.15) is 12.7 Å². The molecule has 0 fully saturated rings. The number of hydrogen-bond donors (Lipinski definition) is 1. The highest BCUT2D eigenvalue weighted by Crippen LogP contribution is 2.22. The average Bonchev–Trinajstić information content (AvgIpc) is 3.11. The van der Waals surface area contributed by atoms with E-state index in [9.17, 15) is 4.79 Å². The van der Waals surface area contributed by atoms with Gasteiger partial charge in [-0.05, 0) is 35.9 Å². The summed E-state index contributed by atoms with van der Waals surface area (Å²) in [4.78, 5) is 17.3. The highest BCUT2D eigenvalue weighted by Gasteiger charge is 2.08. The van der Waals surface area contributed by atoms with Crippen LogP contribution >= 0.6 is 27.7 Å². The second-order valence-electron chi connectivity index (χ2n) is 5.35. The summed E-state index contributed by atoms with van der Waals surface area (Å²) in [6, 6.07) is 15.8. The quantitative estimate of drug-likeness (QED) is 0.585. The van der Waals surface area contributed by atoms with Gasteiger partial charge in [-0.15, -0.1) is 11.8 Å². The lowest BCUT2D eigenvalue weighted by atomic mass is 10.1. The van der Waals surface area contributed by atoms with Crippen molar-refractivity contribution in [1.29, 1.82) is 0 Å². The van der Waals surface area contributed by atoms with E-state index in [4.69, 9.17) is 0 Å². The molecule has 3 rings (SSSR count). The number of hydrogen-bond acceptors (Lipinski definition) is 4. The van der Waals surface area contributed by atoms with Crippen molar-refractivity contribution in [2.75, 3.05) is 11.1 Å². The van der Waals surface area contributed by atoms with Gasteiger partial charge in [-0.2, -0.15) is 5.10 Å². The van der Waals surface area contributed by atoms with Gasteiger partial charge in [0.15, 0.2) is 0 Å². The first-order valence-electron chi connectivity index (χ1n) is 7.79. The van der Waals surface area contributed by atoms with Crippen LogP contribution in [0, 0.1) is 0 Å². The number of halogens is 1. The molecule has 1 amide bonds. The summed E-state index contributed by atoms with van der Waals surface area (Å²) in [7, 11) is 0. The summed E-state index contributed by atoms with van der Waals surface area (Å²) in [6.07, 6.45) is 3.62. The molecule has 1 aromatic heterocycles. The van der Waals surface area contributed by atoms with E-state index in [0.717, 1.165) is 26.4 Å². The normalized spacial score (nSPS) is 10.6. The number of benzene rings is 2. The Morgan fingerprint density at radius 3 is 2.72 bits per heavy atom. The zero-order valence-corrected chi connectivity index (χ0v) is 15.8. The van der Waals surface area contributed by atoms with E-state index >= 15 is 0 Å². The number of para-hydroxylation sites is 1. The number of carbonyl (C=O) groups is 1. The largest absolute Gasteiger partial charge is 0.326 e. The van der Waals surface area contributed by atoms with Crippen LogP contribution in [0.3, 0.4) is 0 Å². The summed E-state index contributed by atoms with van der Waals surface area (Å²) in [5.41, 5.74) is 1.82. The van der Waals surface area contributed by atoms with Crippen LogP contribution < -0.4 is 5.32 Å². The second-order valence-corrected chi connectivity index (χ2v) is 7.43. The van der Waals surface area contributed by atoms with Gasteiger partial charge in [0.25, 0.3) is 0 Å². The molecule has 0 unspecified atom stereocenters. The van der Waals surface area contributed by atoms with Crippen LogP contribution in [0.5, 0.6) is 0 Å². The molecule has 0 aliphatic heterocycles. The SMILES string of the molecule is O=C(CCSc1ccc(Br)cc1)Nc1ccccc1Cn1cncn1. The predicted molar refractivity (Wildman–Crippen MR) is 104 cm³/mol. The van der Waals surface area contributed by atoms with E-state index in [1.807, 2.05) is 48.5 Å². The molecule has 1 N–H and O–H groups in total. The Balaban J connectivity index is 1.53. The van der Waals surface area contributed by atoms with Crippen molar-refractivity contribution in [2.45, 2.75) is 17.9 Å². The second kappa shape index (κ2) is 8.82. The van der Waals surface area contributed by atoms with Gasteiger partial charge in [-0.1, -0.05) is 34.1 Å². The molecule has 2 aromatic carbocycles. The highest BCUT2D eigenvalue weighted by atomic mass is 79.9. The Morgan fingerprint density at radius 1 is 1.16 bits per heavy atom. The van der Waals surface area contributed by atoms with E-state index < -0.39 is 0 Å². The lowest BCUT2D eigenvalue weighted by Crippen LogP contribution is -2.14. The molecule has 3 aromatic rings. The van der Waals surface area contributed by atoms with Crippen LogP contribution in [0.2, 0.25) is 0 Å². The molecule has 0 aliphatic carbocycles. The fraction of sp³-hybridized carbons (Fsp3) is 0.167. The minimum atomic E-state index is 0.00986. The Kier molecular flexibility index (Phi) is 6.25. The van der Waals surface area contributed by atoms with Gasteiger partial charge >= 0.3 is 0 Å². The van der Waals surface area contributed by atoms with Crippen molar-refractivity contribution in [3.8, 4) is 0 Å². The number of carbonyl (C=O) groups excluding carboxylic acids is 1. The molecule has 0 saturated heterocycles. The smallest absolute Gasteiger partial charge is 0.225 e. The molecular formula is C18H17BrN4OS. The third kappa shape index (κ3) is 5.44. The van der Waals surface area contributed by atoms with E-state index in [0.29, 0.717) is 13.0 Å². The van der Waals surface area contributed by atoms with E-state index in [1.54, 1.807) is 22.8 Å². The molecular weight excluding hydrogens is 400 g/mol. The molecule has 0 atom stereocenters. The minimum absolute atomic E-state index is 0.00986. The van der Waals surface area contributed by atoms with Crippen molar-refractivity contribution in [1.82, 2.24) is 14.8 Å². The maximum atomic E-state index is 12.2. The summed E-state index contributed by atoms with van der Waals surface area (Å²) >= 11 is 5.09. The number of amides is 1. The summed E-state index contributed by atoms with van der Waals surface area (Å²) in [6.45, 7) is 0.574. The molecule has 0 aliphatic rings. The monoisotopic (exact) mass is 416 g/mol. The molecule has 1 heterocycles. The maximum Gasteiger partial charge on any atom is 0.225 e. The number of rotatable bonds is 7. The molecule has 7 heteroatoms. The molecule has 128 valence electrons. The number of nitrogens with zero attached hydrogens (tertiary/aromatic N) is 3.